The van der Waals surface area contributed by atoms with Crippen LogP contribution in [-0.2, 0) is 13.6 Å². The second-order valence-electron chi connectivity index (χ2n) is 6.89. The van der Waals surface area contributed by atoms with Gasteiger partial charge in [0.2, 0.25) is 6.29 Å². The van der Waals surface area contributed by atoms with Crippen molar-refractivity contribution in [2.24, 2.45) is 7.05 Å². The van der Waals surface area contributed by atoms with E-state index in [0.29, 0.717) is 10.9 Å². The van der Waals surface area contributed by atoms with Crippen molar-refractivity contribution in [3.8, 4) is 5.75 Å². The van der Waals surface area contributed by atoms with Crippen LogP contribution in [0.15, 0.2) is 57.2 Å². The highest BCUT2D eigenvalue weighted by Gasteiger charge is 2.20. The molecule has 2 aromatic heterocycles. The maximum Gasteiger partial charge on any atom is 0.329 e. The number of fused-ring (bicyclic) bond motifs is 2. The number of imidazole rings is 1. The first kappa shape index (κ1) is 20.2. The Bertz CT molecular complexity index is 1320. The summed E-state index contributed by atoms with van der Waals surface area (Å²) in [6.45, 7) is 2.04. The lowest BCUT2D eigenvalue weighted by Gasteiger charge is -2.17. The number of aryl methyl sites for hydroxylation is 1. The fourth-order valence-electron chi connectivity index (χ4n) is 3.33. The van der Waals surface area contributed by atoms with Crippen LogP contribution in [0.5, 0.6) is 5.75 Å². The van der Waals surface area contributed by atoms with Crippen LogP contribution < -0.4 is 16.0 Å². The highest BCUT2D eigenvalue weighted by Crippen LogP contribution is 2.27. The van der Waals surface area contributed by atoms with Crippen LogP contribution in [0.1, 0.15) is 13.3 Å². The highest BCUT2D eigenvalue weighted by atomic mass is 32.2. The number of aromatic nitrogens is 4. The Morgan fingerprint density at radius 2 is 1.97 bits per heavy atom. The van der Waals surface area contributed by atoms with Crippen molar-refractivity contribution in [3.05, 3.63) is 63.3 Å². The molecule has 0 aliphatic rings. The molecular formula is C21H22N4O4S. The van der Waals surface area contributed by atoms with E-state index >= 15 is 0 Å². The van der Waals surface area contributed by atoms with Crippen LogP contribution in [-0.4, -0.2) is 36.3 Å². The zero-order valence-corrected chi connectivity index (χ0v) is 17.5. The molecule has 0 spiro atoms. The second-order valence-corrected chi connectivity index (χ2v) is 7.96. The third-order valence-electron chi connectivity index (χ3n) is 4.76. The number of aliphatic hydroxyl groups excluding tert-OH is 1. The fourth-order valence-corrected chi connectivity index (χ4v) is 4.19. The number of aromatic amines is 1. The molecule has 30 heavy (non-hydrogen) atoms. The van der Waals surface area contributed by atoms with Gasteiger partial charge in [-0.2, -0.15) is 0 Å². The number of ether oxygens (including phenoxy) is 1. The fraction of sp³-hybridized carbons (Fsp3) is 0.286. The summed E-state index contributed by atoms with van der Waals surface area (Å²) >= 11 is 1.46. The Kier molecular flexibility index (Phi) is 5.65. The third kappa shape index (κ3) is 3.73. The predicted molar refractivity (Wildman–Crippen MR) is 117 cm³/mol. The topological polar surface area (TPSA) is 102 Å². The van der Waals surface area contributed by atoms with E-state index in [1.165, 1.54) is 16.3 Å². The minimum atomic E-state index is -1.22. The first-order valence-corrected chi connectivity index (χ1v) is 10.6. The number of hydrogen-bond acceptors (Lipinski definition) is 6. The van der Waals surface area contributed by atoms with Crippen LogP contribution >= 0.6 is 11.8 Å². The Balaban J connectivity index is 1.72. The van der Waals surface area contributed by atoms with E-state index in [1.807, 2.05) is 43.3 Å². The van der Waals surface area contributed by atoms with Gasteiger partial charge >= 0.3 is 5.69 Å². The van der Waals surface area contributed by atoms with Crippen LogP contribution in [0.2, 0.25) is 0 Å². The molecule has 8 nitrogen and oxygen atoms in total. The van der Waals surface area contributed by atoms with Gasteiger partial charge in [-0.25, -0.2) is 9.78 Å². The zero-order valence-electron chi connectivity index (χ0n) is 16.7. The molecule has 4 rings (SSSR count). The van der Waals surface area contributed by atoms with Gasteiger partial charge in [-0.15, -0.1) is 0 Å². The maximum absolute atomic E-state index is 12.5. The number of thioether (sulfide) groups is 1. The molecule has 1 unspecified atom stereocenters. The Labute approximate surface area is 176 Å². The van der Waals surface area contributed by atoms with E-state index in [9.17, 15) is 14.7 Å². The molecule has 4 aromatic rings. The van der Waals surface area contributed by atoms with Crippen molar-refractivity contribution >= 4 is 33.7 Å². The SMILES string of the molecule is CCCSc1nc2c(c(=O)[nH]c(=O)n2C)n1CC(O)Oc1cccc2ccccc12. The van der Waals surface area contributed by atoms with Crippen molar-refractivity contribution < 1.29 is 9.84 Å². The Morgan fingerprint density at radius 1 is 1.20 bits per heavy atom. The average Bonchev–Trinajstić information content (AvgIpc) is 3.09. The number of nitrogens with zero attached hydrogens (tertiary/aromatic N) is 3. The molecule has 0 fully saturated rings. The lowest BCUT2D eigenvalue weighted by atomic mass is 10.1. The van der Waals surface area contributed by atoms with Gasteiger partial charge in [0.1, 0.15) is 5.75 Å². The summed E-state index contributed by atoms with van der Waals surface area (Å²) < 4.78 is 8.73. The standard InChI is InChI=1S/C21H22N4O4S/c1-3-11-30-21-22-18-17(19(27)23-20(28)24(18)2)25(21)12-16(26)29-15-10-6-8-13-7-4-5-9-14(13)15/h4-10,16,26H,3,11-12H2,1-2H3,(H,23,27,28). The van der Waals surface area contributed by atoms with E-state index < -0.39 is 17.5 Å². The molecule has 9 heteroatoms. The van der Waals surface area contributed by atoms with Crippen molar-refractivity contribution in [1.29, 1.82) is 0 Å². The first-order chi connectivity index (χ1) is 14.5. The van der Waals surface area contributed by atoms with E-state index in [-0.39, 0.29) is 17.7 Å². The quantitative estimate of drug-likeness (QED) is 0.348. The summed E-state index contributed by atoms with van der Waals surface area (Å²) in [5.41, 5.74) is -0.561. The third-order valence-corrected chi connectivity index (χ3v) is 5.94. The van der Waals surface area contributed by atoms with E-state index in [2.05, 4.69) is 9.97 Å². The summed E-state index contributed by atoms with van der Waals surface area (Å²) in [6.07, 6.45) is -0.302. The van der Waals surface area contributed by atoms with E-state index in [4.69, 9.17) is 4.74 Å². The van der Waals surface area contributed by atoms with Crippen LogP contribution in [0.4, 0.5) is 0 Å². The lowest BCUT2D eigenvalue weighted by molar-refractivity contribution is -0.0291. The number of nitrogens with one attached hydrogen (secondary N) is 1. The van der Waals surface area contributed by atoms with Gasteiger partial charge in [-0.05, 0) is 17.9 Å². The van der Waals surface area contributed by atoms with Crippen molar-refractivity contribution in [3.63, 3.8) is 0 Å². The zero-order chi connectivity index (χ0) is 21.3. The van der Waals surface area contributed by atoms with Crippen LogP contribution in [0.3, 0.4) is 0 Å². The Hall–Kier alpha value is -3.04. The molecule has 156 valence electrons. The van der Waals surface area contributed by atoms with Crippen molar-refractivity contribution in [2.45, 2.75) is 31.3 Å². The molecule has 0 aliphatic heterocycles. The highest BCUT2D eigenvalue weighted by molar-refractivity contribution is 7.99. The first-order valence-electron chi connectivity index (χ1n) is 9.64. The molecule has 0 aliphatic carbocycles. The van der Waals surface area contributed by atoms with Crippen molar-refractivity contribution in [2.75, 3.05) is 5.75 Å². The minimum Gasteiger partial charge on any atom is -0.463 e. The number of H-pyrrole nitrogens is 1. The monoisotopic (exact) mass is 426 g/mol. The van der Waals surface area contributed by atoms with Crippen LogP contribution in [0, 0.1) is 0 Å². The number of aliphatic hydroxyl groups is 1. The molecule has 2 aromatic carbocycles. The van der Waals surface area contributed by atoms with Gasteiger partial charge in [0.05, 0.1) is 6.54 Å². The predicted octanol–water partition coefficient (Wildman–Crippen LogP) is 2.48. The minimum absolute atomic E-state index is 0.00689. The van der Waals surface area contributed by atoms with Gasteiger partial charge in [0.25, 0.3) is 5.56 Å². The van der Waals surface area contributed by atoms with Gasteiger partial charge in [0, 0.05) is 18.2 Å². The molecule has 0 bridgehead atoms. The summed E-state index contributed by atoms with van der Waals surface area (Å²) in [7, 11) is 1.55. The smallest absolute Gasteiger partial charge is 0.329 e. The van der Waals surface area contributed by atoms with Crippen molar-refractivity contribution in [1.82, 2.24) is 19.1 Å². The molecular weight excluding hydrogens is 404 g/mol. The number of benzene rings is 2. The van der Waals surface area contributed by atoms with Gasteiger partial charge in [-0.3, -0.25) is 14.3 Å². The van der Waals surface area contributed by atoms with Gasteiger partial charge < -0.3 is 14.4 Å². The lowest BCUT2D eigenvalue weighted by Crippen LogP contribution is -2.30. The van der Waals surface area contributed by atoms with Gasteiger partial charge in [-0.1, -0.05) is 55.1 Å². The molecule has 0 radical (unpaired) electrons. The molecule has 1 atom stereocenters. The molecule has 0 saturated carbocycles. The van der Waals surface area contributed by atoms with E-state index in [0.717, 1.165) is 22.9 Å². The molecule has 2 heterocycles. The molecule has 0 saturated heterocycles. The molecule has 0 amide bonds. The maximum atomic E-state index is 12.5. The summed E-state index contributed by atoms with van der Waals surface area (Å²) in [6, 6.07) is 13.4. The number of rotatable bonds is 7. The largest absolute Gasteiger partial charge is 0.463 e. The summed E-state index contributed by atoms with van der Waals surface area (Å²) in [5.74, 6) is 1.34. The number of hydrogen-bond donors (Lipinski definition) is 2. The van der Waals surface area contributed by atoms with Crippen LogP contribution in [0.25, 0.3) is 21.9 Å². The van der Waals surface area contributed by atoms with Gasteiger partial charge in [0.15, 0.2) is 16.3 Å². The average molecular weight is 426 g/mol. The normalized spacial score (nSPS) is 12.5. The molecule has 2 N–H and O–H groups in total. The van der Waals surface area contributed by atoms with E-state index in [1.54, 1.807) is 17.7 Å². The summed E-state index contributed by atoms with van der Waals surface area (Å²) in [4.78, 5) is 31.2. The summed E-state index contributed by atoms with van der Waals surface area (Å²) in [5, 5.41) is 13.1. The Morgan fingerprint density at radius 3 is 2.77 bits per heavy atom. The second kappa shape index (κ2) is 8.37.